The number of piperazine rings is 1. The van der Waals surface area contributed by atoms with Crippen LogP contribution in [0, 0.1) is 0 Å². The van der Waals surface area contributed by atoms with E-state index in [-0.39, 0.29) is 17.7 Å². The van der Waals surface area contributed by atoms with Crippen LogP contribution in [0.2, 0.25) is 0 Å². The standard InChI is InChI=1S/C23H31N3O3S/c1-3-24(18-21-10-6-4-7-11-21)23(27)20(2)25-14-16-26(17-15-25)30(28,29)19-22-12-8-5-9-13-22/h4-13,20H,3,14-19H2,1-2H3/t20-/m1/s1. The van der Waals surface area contributed by atoms with Crippen molar-refractivity contribution in [3.8, 4) is 0 Å². The minimum Gasteiger partial charge on any atom is -0.337 e. The van der Waals surface area contributed by atoms with Gasteiger partial charge in [0, 0.05) is 39.3 Å². The predicted molar refractivity (Wildman–Crippen MR) is 119 cm³/mol. The third kappa shape index (κ3) is 5.68. The highest BCUT2D eigenvalue weighted by molar-refractivity contribution is 7.88. The molecule has 0 N–H and O–H groups in total. The van der Waals surface area contributed by atoms with Gasteiger partial charge in [-0.15, -0.1) is 0 Å². The van der Waals surface area contributed by atoms with Gasteiger partial charge in [0.15, 0.2) is 0 Å². The largest absolute Gasteiger partial charge is 0.337 e. The Morgan fingerprint density at radius 1 is 0.933 bits per heavy atom. The summed E-state index contributed by atoms with van der Waals surface area (Å²) in [5.74, 6) is 0.102. The lowest BCUT2D eigenvalue weighted by atomic mass is 10.1. The molecule has 0 spiro atoms. The zero-order chi connectivity index (χ0) is 21.6. The number of carbonyl (C=O) groups excluding carboxylic acids is 1. The molecule has 1 aliphatic rings. The summed E-state index contributed by atoms with van der Waals surface area (Å²) >= 11 is 0. The summed E-state index contributed by atoms with van der Waals surface area (Å²) in [7, 11) is -3.36. The second-order valence-corrected chi connectivity index (χ2v) is 9.66. The Bertz CT molecular complexity index is 911. The van der Waals surface area contributed by atoms with E-state index in [9.17, 15) is 13.2 Å². The van der Waals surface area contributed by atoms with Crippen LogP contribution in [0.3, 0.4) is 0 Å². The Kier molecular flexibility index (Phi) is 7.64. The highest BCUT2D eigenvalue weighted by Gasteiger charge is 2.32. The summed E-state index contributed by atoms with van der Waals surface area (Å²) in [5, 5.41) is 0. The summed E-state index contributed by atoms with van der Waals surface area (Å²) in [6, 6.07) is 19.0. The average Bonchev–Trinajstić information content (AvgIpc) is 2.77. The minimum atomic E-state index is -3.36. The van der Waals surface area contributed by atoms with Gasteiger partial charge in [0.25, 0.3) is 0 Å². The molecule has 1 fully saturated rings. The molecule has 30 heavy (non-hydrogen) atoms. The van der Waals surface area contributed by atoms with Gasteiger partial charge in [-0.1, -0.05) is 60.7 Å². The maximum atomic E-state index is 13.0. The fourth-order valence-corrected chi connectivity index (χ4v) is 5.33. The molecule has 6 nitrogen and oxygen atoms in total. The van der Waals surface area contributed by atoms with E-state index in [4.69, 9.17) is 0 Å². The monoisotopic (exact) mass is 429 g/mol. The topological polar surface area (TPSA) is 60.9 Å². The van der Waals surface area contributed by atoms with Gasteiger partial charge < -0.3 is 4.90 Å². The maximum Gasteiger partial charge on any atom is 0.239 e. The van der Waals surface area contributed by atoms with E-state index in [1.807, 2.05) is 79.4 Å². The summed E-state index contributed by atoms with van der Waals surface area (Å²) in [6.45, 7) is 7.09. The molecule has 2 aromatic carbocycles. The molecule has 1 saturated heterocycles. The van der Waals surface area contributed by atoms with E-state index in [0.717, 1.165) is 11.1 Å². The molecule has 0 radical (unpaired) electrons. The lowest BCUT2D eigenvalue weighted by Gasteiger charge is -2.38. The van der Waals surface area contributed by atoms with Crippen LogP contribution in [-0.2, 0) is 27.1 Å². The van der Waals surface area contributed by atoms with Gasteiger partial charge in [-0.25, -0.2) is 8.42 Å². The van der Waals surface area contributed by atoms with Gasteiger partial charge in [0.1, 0.15) is 0 Å². The van der Waals surface area contributed by atoms with Crippen LogP contribution in [0.25, 0.3) is 0 Å². The number of sulfonamides is 1. The Hall–Kier alpha value is -2.22. The quantitative estimate of drug-likeness (QED) is 0.647. The average molecular weight is 430 g/mol. The van der Waals surface area contributed by atoms with Crippen LogP contribution >= 0.6 is 0 Å². The number of amides is 1. The Labute approximate surface area is 180 Å². The number of carbonyl (C=O) groups is 1. The van der Waals surface area contributed by atoms with E-state index < -0.39 is 10.0 Å². The summed E-state index contributed by atoms with van der Waals surface area (Å²) in [5.41, 5.74) is 1.90. The molecule has 1 atom stereocenters. The lowest BCUT2D eigenvalue weighted by Crippen LogP contribution is -2.55. The highest BCUT2D eigenvalue weighted by Crippen LogP contribution is 2.16. The van der Waals surface area contributed by atoms with Crippen molar-refractivity contribution in [2.75, 3.05) is 32.7 Å². The van der Waals surface area contributed by atoms with Gasteiger partial charge in [0.05, 0.1) is 11.8 Å². The second-order valence-electron chi connectivity index (χ2n) is 7.69. The molecule has 7 heteroatoms. The molecule has 0 unspecified atom stereocenters. The third-order valence-corrected chi connectivity index (χ3v) is 7.52. The minimum absolute atomic E-state index is 0.0169. The maximum absolute atomic E-state index is 13.0. The predicted octanol–water partition coefficient (Wildman–Crippen LogP) is 2.57. The smallest absolute Gasteiger partial charge is 0.239 e. The van der Waals surface area contributed by atoms with Crippen LogP contribution in [0.5, 0.6) is 0 Å². The number of hydrogen-bond acceptors (Lipinski definition) is 4. The lowest BCUT2D eigenvalue weighted by molar-refractivity contribution is -0.137. The van der Waals surface area contributed by atoms with E-state index in [1.54, 1.807) is 4.31 Å². The first kappa shape index (κ1) is 22.5. The van der Waals surface area contributed by atoms with E-state index in [2.05, 4.69) is 4.90 Å². The number of rotatable bonds is 8. The third-order valence-electron chi connectivity index (χ3n) is 5.67. The van der Waals surface area contributed by atoms with Crippen molar-refractivity contribution < 1.29 is 13.2 Å². The van der Waals surface area contributed by atoms with Gasteiger partial charge in [-0.3, -0.25) is 9.69 Å². The number of likely N-dealkylation sites (N-methyl/N-ethyl adjacent to an activating group) is 1. The molecule has 0 bridgehead atoms. The van der Waals surface area contributed by atoms with Crippen LogP contribution in [0.15, 0.2) is 60.7 Å². The first-order chi connectivity index (χ1) is 14.4. The molecule has 3 rings (SSSR count). The van der Waals surface area contributed by atoms with E-state index in [0.29, 0.717) is 39.3 Å². The Balaban J connectivity index is 1.56. The SMILES string of the molecule is CCN(Cc1ccccc1)C(=O)[C@@H](C)N1CCN(S(=O)(=O)Cc2ccccc2)CC1. The van der Waals surface area contributed by atoms with Crippen molar-refractivity contribution in [1.29, 1.82) is 0 Å². The normalized spacial score (nSPS) is 16.9. The molecular weight excluding hydrogens is 398 g/mol. The van der Waals surface area contributed by atoms with Gasteiger partial charge in [-0.05, 0) is 25.0 Å². The van der Waals surface area contributed by atoms with E-state index >= 15 is 0 Å². The number of benzene rings is 2. The number of hydrogen-bond donors (Lipinski definition) is 0. The van der Waals surface area contributed by atoms with Crippen LogP contribution in [0.4, 0.5) is 0 Å². The first-order valence-corrected chi connectivity index (χ1v) is 12.1. The Morgan fingerprint density at radius 3 is 2.00 bits per heavy atom. The molecule has 1 heterocycles. The molecule has 2 aromatic rings. The molecule has 0 aliphatic carbocycles. The van der Waals surface area contributed by atoms with Crippen LogP contribution in [0.1, 0.15) is 25.0 Å². The van der Waals surface area contributed by atoms with E-state index in [1.165, 1.54) is 0 Å². The highest BCUT2D eigenvalue weighted by atomic mass is 32.2. The fraction of sp³-hybridized carbons (Fsp3) is 0.435. The zero-order valence-corrected chi connectivity index (χ0v) is 18.6. The van der Waals surface area contributed by atoms with Gasteiger partial charge in [0.2, 0.25) is 15.9 Å². The van der Waals surface area contributed by atoms with Crippen molar-refractivity contribution in [2.45, 2.75) is 32.2 Å². The van der Waals surface area contributed by atoms with Crippen molar-refractivity contribution in [2.24, 2.45) is 0 Å². The molecular formula is C23H31N3O3S. The molecule has 0 saturated carbocycles. The van der Waals surface area contributed by atoms with Crippen molar-refractivity contribution in [3.05, 3.63) is 71.8 Å². The van der Waals surface area contributed by atoms with Gasteiger partial charge in [-0.2, -0.15) is 4.31 Å². The number of nitrogens with zero attached hydrogens (tertiary/aromatic N) is 3. The van der Waals surface area contributed by atoms with Crippen molar-refractivity contribution in [3.63, 3.8) is 0 Å². The molecule has 1 aliphatic heterocycles. The second kappa shape index (κ2) is 10.2. The van der Waals surface area contributed by atoms with Gasteiger partial charge >= 0.3 is 0 Å². The van der Waals surface area contributed by atoms with Crippen molar-refractivity contribution >= 4 is 15.9 Å². The zero-order valence-electron chi connectivity index (χ0n) is 17.8. The van der Waals surface area contributed by atoms with Crippen LogP contribution < -0.4 is 0 Å². The summed E-state index contributed by atoms with van der Waals surface area (Å²) in [4.78, 5) is 17.0. The molecule has 1 amide bonds. The Morgan fingerprint density at radius 2 is 1.47 bits per heavy atom. The van der Waals surface area contributed by atoms with Crippen LogP contribution in [-0.4, -0.2) is 67.2 Å². The first-order valence-electron chi connectivity index (χ1n) is 10.5. The van der Waals surface area contributed by atoms with Crippen molar-refractivity contribution in [1.82, 2.24) is 14.1 Å². The molecule has 162 valence electrons. The summed E-state index contributed by atoms with van der Waals surface area (Å²) in [6.07, 6.45) is 0. The molecule has 0 aromatic heterocycles. The fourth-order valence-electron chi connectivity index (χ4n) is 3.81. The summed E-state index contributed by atoms with van der Waals surface area (Å²) < 4.78 is 27.1.